The van der Waals surface area contributed by atoms with Crippen LogP contribution in [0.5, 0.6) is 0 Å². The highest BCUT2D eigenvalue weighted by Gasteiger charge is 2.06. The summed E-state index contributed by atoms with van der Waals surface area (Å²) in [5, 5.41) is 2.46. The zero-order valence-electron chi connectivity index (χ0n) is 9.37. The molecule has 2 nitrogen and oxygen atoms in total. The molecule has 0 saturated carbocycles. The molecule has 0 amide bonds. The molecule has 16 heavy (non-hydrogen) atoms. The van der Waals surface area contributed by atoms with Gasteiger partial charge in [0.05, 0.1) is 10.5 Å². The molecule has 0 saturated heterocycles. The fourth-order valence-corrected chi connectivity index (χ4v) is 2.27. The molecule has 2 aromatic rings. The monoisotopic (exact) mass is 256 g/mol. The summed E-state index contributed by atoms with van der Waals surface area (Å²) in [5.74, 6) is 0. The van der Waals surface area contributed by atoms with Gasteiger partial charge in [0.15, 0.2) is 0 Å². The molecule has 0 atom stereocenters. The highest BCUT2D eigenvalue weighted by atomic mass is 35.5. The average Bonchev–Trinajstić information content (AvgIpc) is 2.58. The Morgan fingerprint density at radius 2 is 2.00 bits per heavy atom. The van der Waals surface area contributed by atoms with E-state index in [1.165, 1.54) is 0 Å². The molecule has 0 fully saturated rings. The van der Waals surface area contributed by atoms with E-state index >= 15 is 0 Å². The molecule has 0 radical (unpaired) electrons. The van der Waals surface area contributed by atoms with Gasteiger partial charge in [0.1, 0.15) is 0 Å². The van der Waals surface area contributed by atoms with E-state index in [1.807, 2.05) is 12.1 Å². The Morgan fingerprint density at radius 3 is 2.69 bits per heavy atom. The van der Waals surface area contributed by atoms with Gasteiger partial charge in [0.2, 0.25) is 0 Å². The normalized spacial score (nSPS) is 11.6. The van der Waals surface area contributed by atoms with Crippen molar-refractivity contribution in [2.24, 2.45) is 0 Å². The molecule has 4 heteroatoms. The smallest absolute Gasteiger partial charge is 0.0514 e. The summed E-state index contributed by atoms with van der Waals surface area (Å²) in [7, 11) is 4.12. The van der Waals surface area contributed by atoms with E-state index in [0.29, 0.717) is 10.0 Å². The van der Waals surface area contributed by atoms with Crippen molar-refractivity contribution in [3.63, 3.8) is 0 Å². The van der Waals surface area contributed by atoms with Gasteiger partial charge >= 0.3 is 0 Å². The second kappa shape index (κ2) is 4.66. The second-order valence-electron chi connectivity index (χ2n) is 4.13. The van der Waals surface area contributed by atoms with E-state index in [1.54, 1.807) is 6.07 Å². The van der Waals surface area contributed by atoms with Crippen molar-refractivity contribution in [1.82, 2.24) is 9.47 Å². The number of hydrogen-bond donors (Lipinski definition) is 0. The number of aromatic nitrogens is 1. The lowest BCUT2D eigenvalue weighted by molar-refractivity contribution is 0.387. The van der Waals surface area contributed by atoms with E-state index in [4.69, 9.17) is 23.2 Å². The maximum Gasteiger partial charge on any atom is 0.0514 e. The molecular formula is C12H14Cl2N2. The zero-order valence-corrected chi connectivity index (χ0v) is 10.9. The fourth-order valence-electron chi connectivity index (χ4n) is 1.72. The third-order valence-corrected chi connectivity index (χ3v) is 3.12. The Bertz CT molecular complexity index is 503. The van der Waals surface area contributed by atoms with Crippen LogP contribution in [-0.2, 0) is 6.54 Å². The topological polar surface area (TPSA) is 8.17 Å². The van der Waals surface area contributed by atoms with Gasteiger partial charge < -0.3 is 9.47 Å². The molecule has 0 spiro atoms. The Morgan fingerprint density at radius 1 is 1.25 bits per heavy atom. The standard InChI is InChI=1S/C12H14Cl2N2/c1-15(2)5-6-16-4-3-10-11(14)7-9(13)8-12(10)16/h3-4,7-8H,5-6H2,1-2H3. The van der Waals surface area contributed by atoms with Gasteiger partial charge in [-0.2, -0.15) is 0 Å². The first-order chi connectivity index (χ1) is 7.58. The van der Waals surface area contributed by atoms with Crippen LogP contribution in [0, 0.1) is 0 Å². The summed E-state index contributed by atoms with van der Waals surface area (Å²) >= 11 is 12.1. The molecule has 2 rings (SSSR count). The summed E-state index contributed by atoms with van der Waals surface area (Å²) in [6.45, 7) is 1.93. The molecule has 86 valence electrons. The van der Waals surface area contributed by atoms with Crippen molar-refractivity contribution >= 4 is 34.1 Å². The molecular weight excluding hydrogens is 243 g/mol. The molecule has 0 unspecified atom stereocenters. The van der Waals surface area contributed by atoms with Crippen molar-refractivity contribution in [2.45, 2.75) is 6.54 Å². The molecule has 1 aromatic carbocycles. The molecule has 0 aliphatic heterocycles. The van der Waals surface area contributed by atoms with Crippen LogP contribution in [0.2, 0.25) is 10.0 Å². The first-order valence-electron chi connectivity index (χ1n) is 5.16. The van der Waals surface area contributed by atoms with Crippen LogP contribution in [0.4, 0.5) is 0 Å². The molecule has 1 aromatic heterocycles. The Kier molecular flexibility index (Phi) is 3.43. The quantitative estimate of drug-likeness (QED) is 0.816. The van der Waals surface area contributed by atoms with Gasteiger partial charge in [-0.25, -0.2) is 0 Å². The van der Waals surface area contributed by atoms with Gasteiger partial charge in [-0.1, -0.05) is 23.2 Å². The fraction of sp³-hybridized carbons (Fsp3) is 0.333. The molecule has 1 heterocycles. The molecule has 0 bridgehead atoms. The van der Waals surface area contributed by atoms with Crippen LogP contribution in [0.1, 0.15) is 0 Å². The van der Waals surface area contributed by atoms with Crippen LogP contribution >= 0.6 is 23.2 Å². The van der Waals surface area contributed by atoms with Crippen LogP contribution in [0.3, 0.4) is 0 Å². The Balaban J connectivity index is 2.40. The highest BCUT2D eigenvalue weighted by Crippen LogP contribution is 2.28. The minimum atomic E-state index is 0.683. The van der Waals surface area contributed by atoms with Crippen molar-refractivity contribution in [2.75, 3.05) is 20.6 Å². The average molecular weight is 257 g/mol. The summed E-state index contributed by atoms with van der Waals surface area (Å²) in [5.41, 5.74) is 1.10. The number of fused-ring (bicyclic) bond motifs is 1. The predicted octanol–water partition coefficient (Wildman–Crippen LogP) is 3.51. The van der Waals surface area contributed by atoms with Gasteiger partial charge in [0, 0.05) is 29.7 Å². The third-order valence-electron chi connectivity index (χ3n) is 2.59. The highest BCUT2D eigenvalue weighted by molar-refractivity contribution is 6.38. The van der Waals surface area contributed by atoms with Crippen molar-refractivity contribution < 1.29 is 0 Å². The number of rotatable bonds is 3. The van der Waals surface area contributed by atoms with Gasteiger partial charge in [-0.3, -0.25) is 0 Å². The number of benzene rings is 1. The summed E-state index contributed by atoms with van der Waals surface area (Å²) < 4.78 is 2.17. The lowest BCUT2D eigenvalue weighted by Crippen LogP contribution is -2.17. The minimum absolute atomic E-state index is 0.683. The maximum atomic E-state index is 6.13. The molecule has 0 N–H and O–H groups in total. The predicted molar refractivity (Wildman–Crippen MR) is 70.5 cm³/mol. The van der Waals surface area contributed by atoms with E-state index in [9.17, 15) is 0 Å². The lowest BCUT2D eigenvalue weighted by atomic mass is 10.2. The number of nitrogens with zero attached hydrogens (tertiary/aromatic N) is 2. The Hall–Kier alpha value is -0.700. The number of hydrogen-bond acceptors (Lipinski definition) is 1. The largest absolute Gasteiger partial charge is 0.346 e. The zero-order chi connectivity index (χ0) is 11.7. The second-order valence-corrected chi connectivity index (χ2v) is 4.98. The SMILES string of the molecule is CN(C)CCn1ccc2c(Cl)cc(Cl)cc21. The van der Waals surface area contributed by atoms with Crippen LogP contribution in [0.25, 0.3) is 10.9 Å². The first kappa shape index (κ1) is 11.8. The Labute approximate surface area is 105 Å². The van der Waals surface area contributed by atoms with Gasteiger partial charge in [0.25, 0.3) is 0 Å². The van der Waals surface area contributed by atoms with Gasteiger partial charge in [-0.15, -0.1) is 0 Å². The summed E-state index contributed by atoms with van der Waals surface area (Å²) in [6, 6.07) is 5.77. The maximum absolute atomic E-state index is 6.13. The van der Waals surface area contributed by atoms with E-state index < -0.39 is 0 Å². The van der Waals surface area contributed by atoms with E-state index in [2.05, 4.69) is 29.8 Å². The van der Waals surface area contributed by atoms with E-state index in [0.717, 1.165) is 24.0 Å². The lowest BCUT2D eigenvalue weighted by Gasteiger charge is -2.11. The first-order valence-corrected chi connectivity index (χ1v) is 5.92. The van der Waals surface area contributed by atoms with Crippen LogP contribution in [-0.4, -0.2) is 30.1 Å². The van der Waals surface area contributed by atoms with Crippen LogP contribution < -0.4 is 0 Å². The van der Waals surface area contributed by atoms with Crippen molar-refractivity contribution in [3.05, 3.63) is 34.4 Å². The van der Waals surface area contributed by atoms with Crippen molar-refractivity contribution in [3.8, 4) is 0 Å². The third kappa shape index (κ3) is 2.34. The molecule has 0 aliphatic carbocycles. The van der Waals surface area contributed by atoms with Gasteiger partial charge in [-0.05, 0) is 32.3 Å². The minimum Gasteiger partial charge on any atom is -0.346 e. The number of halogens is 2. The molecule has 0 aliphatic rings. The van der Waals surface area contributed by atoms with E-state index in [-0.39, 0.29) is 0 Å². The van der Waals surface area contributed by atoms with Crippen molar-refractivity contribution in [1.29, 1.82) is 0 Å². The van der Waals surface area contributed by atoms with Crippen LogP contribution in [0.15, 0.2) is 24.4 Å². The summed E-state index contributed by atoms with van der Waals surface area (Å²) in [6.07, 6.45) is 2.05. The number of likely N-dealkylation sites (N-methyl/N-ethyl adjacent to an activating group) is 1. The summed E-state index contributed by atoms with van der Waals surface area (Å²) in [4.78, 5) is 2.15.